The number of pyridine rings is 1. The van der Waals surface area contributed by atoms with Gasteiger partial charge in [-0.05, 0) is 0 Å². The Morgan fingerprint density at radius 2 is 1.88 bits per heavy atom. The molecule has 1 aromatic rings. The van der Waals surface area contributed by atoms with Crippen LogP contribution in [0.5, 0.6) is 0 Å². The van der Waals surface area contributed by atoms with E-state index in [1.54, 1.807) is 17.0 Å². The predicted molar refractivity (Wildman–Crippen MR) is 60.2 cm³/mol. The van der Waals surface area contributed by atoms with Crippen molar-refractivity contribution in [2.24, 2.45) is 0 Å². The maximum atomic E-state index is 11.9. The Labute approximate surface area is 93.7 Å². The van der Waals surface area contributed by atoms with Crippen molar-refractivity contribution in [3.8, 4) is 0 Å². The maximum absolute atomic E-state index is 11.9. The summed E-state index contributed by atoms with van der Waals surface area (Å²) in [5, 5.41) is 3.20. The van der Waals surface area contributed by atoms with Gasteiger partial charge in [-0.3, -0.25) is 9.59 Å². The Kier molecular flexibility index (Phi) is 3.36. The van der Waals surface area contributed by atoms with Crippen LogP contribution in [0.25, 0.3) is 0 Å². The van der Waals surface area contributed by atoms with E-state index in [4.69, 9.17) is 0 Å². The van der Waals surface area contributed by atoms with Gasteiger partial charge in [-0.25, -0.2) is 0 Å². The molecule has 2 heterocycles. The number of aromatic nitrogens is 1. The van der Waals surface area contributed by atoms with E-state index >= 15 is 0 Å². The average Bonchev–Trinajstić information content (AvgIpc) is 2.33. The highest BCUT2D eigenvalue weighted by Crippen LogP contribution is 1.96. The highest BCUT2D eigenvalue weighted by molar-refractivity contribution is 5.76. The van der Waals surface area contributed by atoms with Crippen molar-refractivity contribution in [1.82, 2.24) is 14.8 Å². The number of nitrogens with zero attached hydrogens (tertiary/aromatic N) is 2. The number of amides is 1. The van der Waals surface area contributed by atoms with Gasteiger partial charge >= 0.3 is 0 Å². The van der Waals surface area contributed by atoms with Crippen LogP contribution in [-0.2, 0) is 11.3 Å². The number of nitrogens with one attached hydrogen (secondary N) is 1. The summed E-state index contributed by atoms with van der Waals surface area (Å²) < 4.78 is 1.73. The zero-order valence-electron chi connectivity index (χ0n) is 9.06. The van der Waals surface area contributed by atoms with Crippen molar-refractivity contribution in [2.75, 3.05) is 26.2 Å². The molecule has 5 nitrogen and oxygen atoms in total. The molecule has 0 radical (unpaired) electrons. The zero-order valence-corrected chi connectivity index (χ0v) is 9.06. The normalized spacial score (nSPS) is 16.1. The summed E-state index contributed by atoms with van der Waals surface area (Å²) in [6.45, 7) is 3.55. The van der Waals surface area contributed by atoms with Crippen LogP contribution in [0.3, 0.4) is 0 Å². The van der Waals surface area contributed by atoms with Crippen LogP contribution in [0, 0.1) is 0 Å². The number of rotatable bonds is 2. The minimum absolute atomic E-state index is 0.0362. The third kappa shape index (κ3) is 2.70. The molecule has 2 rings (SSSR count). The van der Waals surface area contributed by atoms with Crippen molar-refractivity contribution < 1.29 is 4.79 Å². The lowest BCUT2D eigenvalue weighted by molar-refractivity contribution is -0.132. The average molecular weight is 221 g/mol. The Morgan fingerprint density at radius 3 is 2.50 bits per heavy atom. The Bertz CT molecular complexity index is 401. The van der Waals surface area contributed by atoms with Crippen molar-refractivity contribution >= 4 is 5.91 Å². The van der Waals surface area contributed by atoms with Gasteiger partial charge in [0.1, 0.15) is 6.54 Å². The van der Waals surface area contributed by atoms with E-state index in [0.29, 0.717) is 6.54 Å². The topological polar surface area (TPSA) is 54.3 Å². The van der Waals surface area contributed by atoms with Crippen molar-refractivity contribution in [1.29, 1.82) is 0 Å². The molecule has 0 saturated carbocycles. The zero-order chi connectivity index (χ0) is 11.4. The van der Waals surface area contributed by atoms with Crippen LogP contribution in [0.1, 0.15) is 0 Å². The van der Waals surface area contributed by atoms with Gasteiger partial charge in [-0.15, -0.1) is 0 Å². The van der Waals surface area contributed by atoms with Crippen molar-refractivity contribution in [3.63, 3.8) is 0 Å². The highest BCUT2D eigenvalue weighted by Gasteiger charge is 2.15. The number of carbonyl (C=O) groups is 1. The second-order valence-corrected chi connectivity index (χ2v) is 3.84. The molecule has 1 aromatic heterocycles. The van der Waals surface area contributed by atoms with E-state index in [1.807, 2.05) is 4.90 Å². The molecule has 86 valence electrons. The lowest BCUT2D eigenvalue weighted by Gasteiger charge is -2.27. The minimum atomic E-state index is -0.0362. The molecule has 0 aromatic carbocycles. The molecule has 1 saturated heterocycles. The molecule has 0 aliphatic carbocycles. The van der Waals surface area contributed by atoms with E-state index in [-0.39, 0.29) is 11.3 Å². The fourth-order valence-electron chi connectivity index (χ4n) is 1.72. The third-order valence-corrected chi connectivity index (χ3v) is 2.65. The Morgan fingerprint density at radius 1 is 1.25 bits per heavy atom. The molecule has 1 amide bonds. The van der Waals surface area contributed by atoms with Crippen LogP contribution in [-0.4, -0.2) is 41.6 Å². The smallest absolute Gasteiger partial charge is 0.242 e. The fraction of sp³-hybridized carbons (Fsp3) is 0.455. The third-order valence-electron chi connectivity index (χ3n) is 2.65. The van der Waals surface area contributed by atoms with Crippen molar-refractivity contribution in [3.05, 3.63) is 34.7 Å². The number of carbonyl (C=O) groups excluding carboxylic acids is 1. The largest absolute Gasteiger partial charge is 0.345 e. The van der Waals surface area contributed by atoms with Crippen LogP contribution >= 0.6 is 0 Å². The number of hydrogen-bond donors (Lipinski definition) is 1. The Balaban J connectivity index is 1.95. The predicted octanol–water partition coefficient (Wildman–Crippen LogP) is -0.720. The highest BCUT2D eigenvalue weighted by atomic mass is 16.2. The van der Waals surface area contributed by atoms with Gasteiger partial charge in [0.05, 0.1) is 0 Å². The molecule has 1 aliphatic heterocycles. The summed E-state index contributed by atoms with van der Waals surface area (Å²) in [5.41, 5.74) is -0.0362. The van der Waals surface area contributed by atoms with E-state index in [2.05, 4.69) is 5.32 Å². The lowest BCUT2D eigenvalue weighted by Crippen LogP contribution is -2.47. The summed E-state index contributed by atoms with van der Waals surface area (Å²) >= 11 is 0. The van der Waals surface area contributed by atoms with Crippen LogP contribution in [0.4, 0.5) is 0 Å². The molecular weight excluding hydrogens is 206 g/mol. The molecular formula is C11H15N3O2. The molecule has 1 aliphatic rings. The molecule has 0 spiro atoms. The summed E-state index contributed by atoms with van der Waals surface area (Å²) in [5.74, 6) is 0.102. The van der Waals surface area contributed by atoms with Gasteiger partial charge in [0.2, 0.25) is 5.91 Å². The molecule has 16 heavy (non-hydrogen) atoms. The first-order chi connectivity index (χ1) is 7.75. The molecule has 0 bridgehead atoms. The molecule has 0 atom stereocenters. The first-order valence-electron chi connectivity index (χ1n) is 5.40. The summed E-state index contributed by atoms with van der Waals surface area (Å²) in [6.07, 6.45) is 3.28. The number of hydrogen-bond acceptors (Lipinski definition) is 3. The molecule has 1 N–H and O–H groups in total. The SMILES string of the molecule is O=C(Cn1ccc(=O)cc1)N1CCNCC1. The van der Waals surface area contributed by atoms with Crippen LogP contribution < -0.4 is 10.7 Å². The fourth-order valence-corrected chi connectivity index (χ4v) is 1.72. The maximum Gasteiger partial charge on any atom is 0.242 e. The molecule has 5 heteroatoms. The number of piperazine rings is 1. The minimum Gasteiger partial charge on any atom is -0.345 e. The quantitative estimate of drug-likeness (QED) is 0.717. The summed E-state index contributed by atoms with van der Waals surface area (Å²) in [4.78, 5) is 24.6. The molecule has 1 fully saturated rings. The second-order valence-electron chi connectivity index (χ2n) is 3.84. The standard InChI is InChI=1S/C11H15N3O2/c15-10-1-5-13(6-2-10)9-11(16)14-7-3-12-4-8-14/h1-2,5-6,12H,3-4,7-9H2. The Hall–Kier alpha value is -1.62. The van der Waals surface area contributed by atoms with Gasteiger partial charge in [0, 0.05) is 50.7 Å². The summed E-state index contributed by atoms with van der Waals surface area (Å²) in [6, 6.07) is 2.93. The van der Waals surface area contributed by atoms with Gasteiger partial charge in [0.15, 0.2) is 5.43 Å². The van der Waals surface area contributed by atoms with E-state index in [1.165, 1.54) is 12.1 Å². The monoisotopic (exact) mass is 221 g/mol. The summed E-state index contributed by atoms with van der Waals surface area (Å²) in [7, 11) is 0. The lowest BCUT2D eigenvalue weighted by atomic mass is 10.3. The van der Waals surface area contributed by atoms with Gasteiger partial charge < -0.3 is 14.8 Å². The second kappa shape index (κ2) is 4.94. The van der Waals surface area contributed by atoms with E-state index in [0.717, 1.165) is 26.2 Å². The van der Waals surface area contributed by atoms with Crippen molar-refractivity contribution in [2.45, 2.75) is 6.54 Å². The first-order valence-corrected chi connectivity index (χ1v) is 5.40. The van der Waals surface area contributed by atoms with Gasteiger partial charge in [0.25, 0.3) is 0 Å². The first kappa shape index (κ1) is 10.9. The van der Waals surface area contributed by atoms with Gasteiger partial charge in [-0.2, -0.15) is 0 Å². The van der Waals surface area contributed by atoms with Crippen LogP contribution in [0.2, 0.25) is 0 Å². The van der Waals surface area contributed by atoms with Crippen LogP contribution in [0.15, 0.2) is 29.3 Å². The molecule has 0 unspecified atom stereocenters. The van der Waals surface area contributed by atoms with E-state index < -0.39 is 0 Å². The van der Waals surface area contributed by atoms with Gasteiger partial charge in [-0.1, -0.05) is 0 Å². The van der Waals surface area contributed by atoms with E-state index in [9.17, 15) is 9.59 Å².